The van der Waals surface area contributed by atoms with Crippen LogP contribution in [-0.2, 0) is 4.74 Å². The van der Waals surface area contributed by atoms with Gasteiger partial charge in [-0.15, -0.1) is 0 Å². The van der Waals surface area contributed by atoms with E-state index in [-0.39, 0.29) is 17.9 Å². The predicted octanol–water partition coefficient (Wildman–Crippen LogP) is 2.19. The van der Waals surface area contributed by atoms with Gasteiger partial charge in [0.05, 0.1) is 24.5 Å². The molecule has 0 bridgehead atoms. The highest BCUT2D eigenvalue weighted by Gasteiger charge is 2.19. The summed E-state index contributed by atoms with van der Waals surface area (Å²) in [7, 11) is 1.63. The molecule has 0 saturated carbocycles. The number of amides is 1. The minimum Gasteiger partial charge on any atom is -0.383 e. The summed E-state index contributed by atoms with van der Waals surface area (Å²) in [5.74, 6) is 0.647. The van der Waals surface area contributed by atoms with Crippen molar-refractivity contribution in [2.24, 2.45) is 0 Å². The molecule has 0 radical (unpaired) electrons. The summed E-state index contributed by atoms with van der Waals surface area (Å²) in [6.07, 6.45) is 2.48. The van der Waals surface area contributed by atoms with Crippen molar-refractivity contribution in [1.82, 2.24) is 15.3 Å². The van der Waals surface area contributed by atoms with Crippen LogP contribution in [0.25, 0.3) is 0 Å². The minimum absolute atomic E-state index is 0.0190. The highest BCUT2D eigenvalue weighted by molar-refractivity contribution is 5.97. The van der Waals surface area contributed by atoms with Crippen LogP contribution in [-0.4, -0.2) is 42.2 Å². The van der Waals surface area contributed by atoms with Crippen molar-refractivity contribution < 1.29 is 9.53 Å². The van der Waals surface area contributed by atoms with Crippen molar-refractivity contribution in [2.45, 2.75) is 46.1 Å². The van der Waals surface area contributed by atoms with Crippen LogP contribution in [0.2, 0.25) is 0 Å². The number of carbonyl (C=O) groups is 1. The van der Waals surface area contributed by atoms with Gasteiger partial charge in [0, 0.05) is 19.6 Å². The smallest absolute Gasteiger partial charge is 0.272 e. The lowest BCUT2D eigenvalue weighted by molar-refractivity contribution is 0.0890. The molecule has 6 heteroatoms. The standard InChI is InChI=1S/C15H26N4O2/c1-6-11(9-21-5)18-15(20)13-12(16-7-2)8-17-14(19-13)10(3)4/h8,10-11,16H,6-7,9H2,1-5H3,(H,18,20). The second-order valence-corrected chi connectivity index (χ2v) is 5.21. The maximum Gasteiger partial charge on any atom is 0.272 e. The zero-order valence-corrected chi connectivity index (χ0v) is 13.6. The number of carbonyl (C=O) groups excluding carboxylic acids is 1. The summed E-state index contributed by atoms with van der Waals surface area (Å²) < 4.78 is 5.11. The fourth-order valence-corrected chi connectivity index (χ4v) is 1.88. The van der Waals surface area contributed by atoms with Crippen LogP contribution in [0, 0.1) is 0 Å². The molecule has 1 rings (SSSR count). The molecular weight excluding hydrogens is 268 g/mol. The average molecular weight is 294 g/mol. The summed E-state index contributed by atoms with van der Waals surface area (Å²) in [6.45, 7) is 9.18. The summed E-state index contributed by atoms with van der Waals surface area (Å²) in [4.78, 5) is 21.2. The Hall–Kier alpha value is -1.69. The molecule has 0 aromatic carbocycles. The van der Waals surface area contributed by atoms with Crippen molar-refractivity contribution in [2.75, 3.05) is 25.6 Å². The van der Waals surface area contributed by atoms with Crippen LogP contribution in [0.4, 0.5) is 5.69 Å². The minimum atomic E-state index is -0.195. The molecule has 2 N–H and O–H groups in total. The molecule has 1 heterocycles. The van der Waals surface area contributed by atoms with Crippen LogP contribution in [0.5, 0.6) is 0 Å². The third-order valence-corrected chi connectivity index (χ3v) is 3.10. The molecule has 6 nitrogen and oxygen atoms in total. The fraction of sp³-hybridized carbons (Fsp3) is 0.667. The second-order valence-electron chi connectivity index (χ2n) is 5.21. The summed E-state index contributed by atoms with van der Waals surface area (Å²) >= 11 is 0. The lowest BCUT2D eigenvalue weighted by Gasteiger charge is -2.17. The van der Waals surface area contributed by atoms with Gasteiger partial charge >= 0.3 is 0 Å². The van der Waals surface area contributed by atoms with Crippen molar-refractivity contribution in [3.05, 3.63) is 17.7 Å². The fourth-order valence-electron chi connectivity index (χ4n) is 1.88. The van der Waals surface area contributed by atoms with Crippen LogP contribution in [0.1, 0.15) is 56.3 Å². The maximum absolute atomic E-state index is 12.5. The molecule has 0 saturated heterocycles. The van der Waals surface area contributed by atoms with Crippen LogP contribution in [0.15, 0.2) is 6.20 Å². The molecule has 0 aliphatic rings. The molecule has 1 unspecified atom stereocenters. The van der Waals surface area contributed by atoms with Gasteiger partial charge in [-0.2, -0.15) is 0 Å². The number of aromatic nitrogens is 2. The highest BCUT2D eigenvalue weighted by atomic mass is 16.5. The zero-order valence-electron chi connectivity index (χ0n) is 13.6. The Balaban J connectivity index is 3.00. The number of ether oxygens (including phenoxy) is 1. The predicted molar refractivity (Wildman–Crippen MR) is 83.7 cm³/mol. The Morgan fingerprint density at radius 2 is 2.10 bits per heavy atom. The molecule has 1 aromatic rings. The molecule has 1 aromatic heterocycles. The van der Waals surface area contributed by atoms with Crippen molar-refractivity contribution in [3.8, 4) is 0 Å². The molecule has 21 heavy (non-hydrogen) atoms. The van der Waals surface area contributed by atoms with Gasteiger partial charge in [0.15, 0.2) is 5.69 Å². The number of hydrogen-bond acceptors (Lipinski definition) is 5. The Labute approximate surface area is 126 Å². The zero-order chi connectivity index (χ0) is 15.8. The number of methoxy groups -OCH3 is 1. The molecular formula is C15H26N4O2. The van der Waals surface area contributed by atoms with Gasteiger partial charge in [-0.1, -0.05) is 20.8 Å². The van der Waals surface area contributed by atoms with E-state index in [1.807, 2.05) is 27.7 Å². The second kappa shape index (κ2) is 8.56. The van der Waals surface area contributed by atoms with Crippen molar-refractivity contribution in [3.63, 3.8) is 0 Å². The molecule has 1 amide bonds. The van der Waals surface area contributed by atoms with E-state index in [4.69, 9.17) is 4.74 Å². The topological polar surface area (TPSA) is 76.1 Å². The Morgan fingerprint density at radius 3 is 2.62 bits per heavy atom. The lowest BCUT2D eigenvalue weighted by atomic mass is 10.2. The maximum atomic E-state index is 12.5. The number of hydrogen-bond donors (Lipinski definition) is 2. The monoisotopic (exact) mass is 294 g/mol. The van der Waals surface area contributed by atoms with Gasteiger partial charge in [0.1, 0.15) is 5.82 Å². The van der Waals surface area contributed by atoms with E-state index in [0.717, 1.165) is 6.42 Å². The molecule has 0 aliphatic heterocycles. The van der Waals surface area contributed by atoms with Crippen LogP contribution < -0.4 is 10.6 Å². The summed E-state index contributed by atoms with van der Waals surface area (Å²) in [5.41, 5.74) is 1.05. The highest BCUT2D eigenvalue weighted by Crippen LogP contribution is 2.16. The van der Waals surface area contributed by atoms with E-state index in [1.54, 1.807) is 13.3 Å². The van der Waals surface area contributed by atoms with E-state index in [0.29, 0.717) is 30.4 Å². The quantitative estimate of drug-likeness (QED) is 0.768. The average Bonchev–Trinajstić information content (AvgIpc) is 2.47. The molecule has 0 aliphatic carbocycles. The Bertz CT molecular complexity index is 463. The van der Waals surface area contributed by atoms with Gasteiger partial charge in [-0.25, -0.2) is 9.97 Å². The molecule has 1 atom stereocenters. The Kier molecular flexibility index (Phi) is 7.08. The third kappa shape index (κ3) is 4.97. The normalized spacial score (nSPS) is 12.3. The lowest BCUT2D eigenvalue weighted by Crippen LogP contribution is -2.38. The van der Waals surface area contributed by atoms with E-state index in [2.05, 4.69) is 20.6 Å². The largest absolute Gasteiger partial charge is 0.383 e. The van der Waals surface area contributed by atoms with Crippen molar-refractivity contribution >= 4 is 11.6 Å². The van der Waals surface area contributed by atoms with E-state index in [1.165, 1.54) is 0 Å². The first kappa shape index (κ1) is 17.4. The number of nitrogens with one attached hydrogen (secondary N) is 2. The van der Waals surface area contributed by atoms with Gasteiger partial charge in [0.25, 0.3) is 5.91 Å². The first-order chi connectivity index (χ1) is 10.0. The summed E-state index contributed by atoms with van der Waals surface area (Å²) in [5, 5.41) is 6.08. The van der Waals surface area contributed by atoms with Gasteiger partial charge < -0.3 is 15.4 Å². The van der Waals surface area contributed by atoms with E-state index in [9.17, 15) is 4.79 Å². The van der Waals surface area contributed by atoms with Gasteiger partial charge in [0.2, 0.25) is 0 Å². The van der Waals surface area contributed by atoms with Crippen molar-refractivity contribution in [1.29, 1.82) is 0 Å². The van der Waals surface area contributed by atoms with Gasteiger partial charge in [-0.3, -0.25) is 4.79 Å². The Morgan fingerprint density at radius 1 is 1.38 bits per heavy atom. The molecule has 118 valence electrons. The number of anilines is 1. The molecule has 0 spiro atoms. The van der Waals surface area contributed by atoms with E-state index < -0.39 is 0 Å². The SMILES string of the molecule is CCNc1cnc(C(C)C)nc1C(=O)NC(CC)COC. The number of nitrogens with zero attached hydrogens (tertiary/aromatic N) is 2. The third-order valence-electron chi connectivity index (χ3n) is 3.10. The molecule has 0 fully saturated rings. The summed E-state index contributed by atoms with van der Waals surface area (Å²) in [6, 6.07) is -0.0190. The first-order valence-corrected chi connectivity index (χ1v) is 7.44. The van der Waals surface area contributed by atoms with Crippen LogP contribution >= 0.6 is 0 Å². The van der Waals surface area contributed by atoms with E-state index >= 15 is 0 Å². The number of rotatable bonds is 8. The first-order valence-electron chi connectivity index (χ1n) is 7.44. The van der Waals surface area contributed by atoms with Crippen LogP contribution in [0.3, 0.4) is 0 Å². The van der Waals surface area contributed by atoms with Gasteiger partial charge in [-0.05, 0) is 13.3 Å².